The summed E-state index contributed by atoms with van der Waals surface area (Å²) in [5.41, 5.74) is 4.66. The lowest BCUT2D eigenvalue weighted by Gasteiger charge is -2.17. The van der Waals surface area contributed by atoms with E-state index in [1.54, 1.807) is 16.8 Å². The average Bonchev–Trinajstić information content (AvgIpc) is 3.40. The molecule has 3 aromatic rings. The number of carbonyl (C=O) groups is 1. The normalized spacial score (nSPS) is 16.8. The zero-order chi connectivity index (χ0) is 19.2. The average molecular weight is 394 g/mol. The Morgan fingerprint density at radius 3 is 2.75 bits per heavy atom. The molecule has 144 valence electrons. The van der Waals surface area contributed by atoms with Gasteiger partial charge < -0.3 is 10.1 Å². The number of nitrogens with zero attached hydrogens (tertiary/aromatic N) is 2. The minimum atomic E-state index is -0.0300. The molecule has 2 aromatic carbocycles. The van der Waals surface area contributed by atoms with Crippen molar-refractivity contribution in [2.45, 2.75) is 25.6 Å². The molecule has 0 aliphatic carbocycles. The van der Waals surface area contributed by atoms with E-state index in [-0.39, 0.29) is 11.9 Å². The van der Waals surface area contributed by atoms with Crippen LogP contribution in [0.4, 0.5) is 0 Å². The van der Waals surface area contributed by atoms with Gasteiger partial charge in [0, 0.05) is 36.6 Å². The van der Waals surface area contributed by atoms with Crippen LogP contribution >= 0.6 is 11.3 Å². The molecule has 0 saturated carbocycles. The van der Waals surface area contributed by atoms with Crippen LogP contribution in [0.2, 0.25) is 0 Å². The molecule has 1 atom stereocenters. The third-order valence-corrected chi connectivity index (χ3v) is 5.48. The van der Waals surface area contributed by atoms with E-state index in [0.717, 1.165) is 37.5 Å². The van der Waals surface area contributed by atoms with Gasteiger partial charge in [-0.25, -0.2) is 4.98 Å². The number of rotatable bonds is 7. The summed E-state index contributed by atoms with van der Waals surface area (Å²) in [5, 5.41) is 5.12. The predicted molar refractivity (Wildman–Crippen MR) is 110 cm³/mol. The molecule has 1 fully saturated rings. The molecule has 1 unspecified atom stereocenters. The maximum Gasteiger partial charge on any atom is 0.251 e. The fraction of sp³-hybridized carbons (Fsp3) is 0.273. The number of benzene rings is 2. The molecule has 0 bridgehead atoms. The fourth-order valence-corrected chi connectivity index (χ4v) is 3.92. The Morgan fingerprint density at radius 2 is 2.00 bits per heavy atom. The molecule has 1 aliphatic heterocycles. The predicted octanol–water partition coefficient (Wildman–Crippen LogP) is 3.73. The minimum absolute atomic E-state index is 0.0300. The third-order valence-electron chi connectivity index (χ3n) is 4.84. The molecule has 1 amide bonds. The summed E-state index contributed by atoms with van der Waals surface area (Å²) < 4.78 is 5.69. The molecule has 1 saturated heterocycles. The molecule has 28 heavy (non-hydrogen) atoms. The van der Waals surface area contributed by atoms with Gasteiger partial charge in [-0.2, -0.15) is 0 Å². The van der Waals surface area contributed by atoms with Gasteiger partial charge in [-0.15, -0.1) is 11.3 Å². The zero-order valence-corrected chi connectivity index (χ0v) is 16.4. The van der Waals surface area contributed by atoms with Crippen molar-refractivity contribution in [3.63, 3.8) is 0 Å². The summed E-state index contributed by atoms with van der Waals surface area (Å²) in [5.74, 6) is 0.706. The highest BCUT2D eigenvalue weighted by atomic mass is 32.1. The molecule has 6 heteroatoms. The van der Waals surface area contributed by atoms with E-state index in [4.69, 9.17) is 4.74 Å². The quantitative estimate of drug-likeness (QED) is 0.665. The van der Waals surface area contributed by atoms with Gasteiger partial charge in [0.25, 0.3) is 5.91 Å². The smallest absolute Gasteiger partial charge is 0.251 e. The molecule has 0 spiro atoms. The van der Waals surface area contributed by atoms with Crippen LogP contribution in [0.25, 0.3) is 0 Å². The topological polar surface area (TPSA) is 54.5 Å². The first kappa shape index (κ1) is 18.7. The van der Waals surface area contributed by atoms with Crippen molar-refractivity contribution < 1.29 is 9.53 Å². The van der Waals surface area contributed by atoms with Crippen LogP contribution in [0.15, 0.2) is 65.5 Å². The monoisotopic (exact) mass is 393 g/mol. The molecule has 1 N–H and O–H groups in total. The molecule has 4 rings (SSSR count). The van der Waals surface area contributed by atoms with Crippen LogP contribution in [-0.4, -0.2) is 34.9 Å². The maximum atomic E-state index is 12.5. The molecule has 5 nitrogen and oxygen atoms in total. The Labute approximate surface area is 169 Å². The Bertz CT molecular complexity index is 882. The summed E-state index contributed by atoms with van der Waals surface area (Å²) in [6.45, 7) is 3.26. The first-order chi connectivity index (χ1) is 13.8. The van der Waals surface area contributed by atoms with Crippen molar-refractivity contribution in [3.8, 4) is 5.75 Å². The number of hydrogen-bond acceptors (Lipinski definition) is 5. The van der Waals surface area contributed by atoms with Gasteiger partial charge in [-0.3, -0.25) is 9.69 Å². The number of aromatic nitrogens is 1. The Hall–Kier alpha value is -2.70. The van der Waals surface area contributed by atoms with Crippen LogP contribution in [0.5, 0.6) is 5.75 Å². The Kier molecular flexibility index (Phi) is 5.99. The van der Waals surface area contributed by atoms with E-state index in [2.05, 4.69) is 39.5 Å². The van der Waals surface area contributed by atoms with Gasteiger partial charge in [0.05, 0.1) is 11.2 Å². The van der Waals surface area contributed by atoms with Gasteiger partial charge in [0.2, 0.25) is 0 Å². The lowest BCUT2D eigenvalue weighted by molar-refractivity contribution is 0.0937. The number of ether oxygens (including phenoxy) is 1. The largest absolute Gasteiger partial charge is 0.487 e. The SMILES string of the molecule is O=C(NC1CCN(Cc2ccccc2)C1)c1ccc(OCc2cscn2)cc1. The van der Waals surface area contributed by atoms with E-state index in [0.29, 0.717) is 12.2 Å². The molecule has 0 radical (unpaired) electrons. The van der Waals surface area contributed by atoms with Crippen molar-refractivity contribution >= 4 is 17.2 Å². The summed E-state index contributed by atoms with van der Waals surface area (Å²) in [7, 11) is 0. The molecule has 1 aromatic heterocycles. The standard InChI is InChI=1S/C22H23N3O2S/c26-22(18-6-8-21(9-7-18)27-14-20-15-28-16-23-20)24-19-10-11-25(13-19)12-17-4-2-1-3-5-17/h1-9,15-16,19H,10-14H2,(H,24,26). The lowest BCUT2D eigenvalue weighted by atomic mass is 10.2. The van der Waals surface area contributed by atoms with Gasteiger partial charge in [-0.1, -0.05) is 30.3 Å². The van der Waals surface area contributed by atoms with Gasteiger partial charge in [0.15, 0.2) is 0 Å². The van der Waals surface area contributed by atoms with Crippen LogP contribution in [0.1, 0.15) is 28.0 Å². The first-order valence-corrected chi connectivity index (χ1v) is 10.4. The fourth-order valence-electron chi connectivity index (χ4n) is 3.37. The van der Waals surface area contributed by atoms with Crippen molar-refractivity contribution in [3.05, 3.63) is 82.3 Å². The number of carbonyl (C=O) groups excluding carboxylic acids is 1. The van der Waals surface area contributed by atoms with Gasteiger partial charge in [-0.05, 0) is 36.2 Å². The number of likely N-dealkylation sites (tertiary alicyclic amines) is 1. The van der Waals surface area contributed by atoms with Crippen LogP contribution in [0, 0.1) is 0 Å². The van der Waals surface area contributed by atoms with E-state index in [1.165, 1.54) is 5.56 Å². The lowest BCUT2D eigenvalue weighted by Crippen LogP contribution is -2.36. The van der Waals surface area contributed by atoms with Crippen molar-refractivity contribution in [1.82, 2.24) is 15.2 Å². The number of hydrogen-bond donors (Lipinski definition) is 1. The van der Waals surface area contributed by atoms with Crippen molar-refractivity contribution in [2.75, 3.05) is 13.1 Å². The van der Waals surface area contributed by atoms with Crippen LogP contribution in [-0.2, 0) is 13.2 Å². The molecular weight excluding hydrogens is 370 g/mol. The van der Waals surface area contributed by atoms with E-state index >= 15 is 0 Å². The van der Waals surface area contributed by atoms with E-state index in [1.807, 2.05) is 35.7 Å². The van der Waals surface area contributed by atoms with Crippen molar-refractivity contribution in [2.24, 2.45) is 0 Å². The van der Waals surface area contributed by atoms with Gasteiger partial charge in [0.1, 0.15) is 12.4 Å². The highest BCUT2D eigenvalue weighted by Gasteiger charge is 2.24. The number of amides is 1. The van der Waals surface area contributed by atoms with E-state index in [9.17, 15) is 4.79 Å². The highest BCUT2D eigenvalue weighted by molar-refractivity contribution is 7.07. The third kappa shape index (κ3) is 4.97. The zero-order valence-electron chi connectivity index (χ0n) is 15.6. The second-order valence-electron chi connectivity index (χ2n) is 6.97. The summed E-state index contributed by atoms with van der Waals surface area (Å²) >= 11 is 1.55. The Morgan fingerprint density at radius 1 is 1.18 bits per heavy atom. The van der Waals surface area contributed by atoms with Crippen LogP contribution < -0.4 is 10.1 Å². The molecular formula is C22H23N3O2S. The summed E-state index contributed by atoms with van der Waals surface area (Å²) in [6, 6.07) is 17.9. The second-order valence-corrected chi connectivity index (χ2v) is 7.69. The first-order valence-electron chi connectivity index (χ1n) is 9.43. The van der Waals surface area contributed by atoms with E-state index < -0.39 is 0 Å². The molecule has 1 aliphatic rings. The highest BCUT2D eigenvalue weighted by Crippen LogP contribution is 2.16. The second kappa shape index (κ2) is 8.99. The maximum absolute atomic E-state index is 12.5. The number of thiazole rings is 1. The summed E-state index contributed by atoms with van der Waals surface area (Å²) in [6.07, 6.45) is 0.980. The minimum Gasteiger partial charge on any atom is -0.487 e. The summed E-state index contributed by atoms with van der Waals surface area (Å²) in [4.78, 5) is 19.1. The van der Waals surface area contributed by atoms with Crippen molar-refractivity contribution in [1.29, 1.82) is 0 Å². The van der Waals surface area contributed by atoms with Gasteiger partial charge >= 0.3 is 0 Å². The number of nitrogens with one attached hydrogen (secondary N) is 1. The molecule has 2 heterocycles. The van der Waals surface area contributed by atoms with Crippen LogP contribution in [0.3, 0.4) is 0 Å². The Balaban J connectivity index is 1.25.